The monoisotopic (exact) mass is 268 g/mol. The predicted molar refractivity (Wildman–Crippen MR) is 81.4 cm³/mol. The van der Waals surface area contributed by atoms with Gasteiger partial charge in [0.1, 0.15) is 5.65 Å². The Kier molecular flexibility index (Phi) is 3.56. The second-order valence-corrected chi connectivity index (χ2v) is 5.65. The van der Waals surface area contributed by atoms with Gasteiger partial charge in [-0.2, -0.15) is 11.8 Å². The smallest absolute Gasteiger partial charge is 0.136 e. The van der Waals surface area contributed by atoms with E-state index in [9.17, 15) is 0 Å². The van der Waals surface area contributed by atoms with E-state index in [1.165, 1.54) is 16.8 Å². The van der Waals surface area contributed by atoms with Crippen LogP contribution < -0.4 is 0 Å². The van der Waals surface area contributed by atoms with Gasteiger partial charge in [-0.15, -0.1) is 0 Å². The Bertz CT molecular complexity index is 674. The summed E-state index contributed by atoms with van der Waals surface area (Å²) >= 11 is 1.92. The van der Waals surface area contributed by atoms with Crippen LogP contribution in [0.15, 0.2) is 54.9 Å². The highest BCUT2D eigenvalue weighted by atomic mass is 32.2. The number of hydrogen-bond donors (Lipinski definition) is 0. The Morgan fingerprint density at radius 3 is 2.74 bits per heavy atom. The standard InChI is InChI=1S/C16H16N2S/c1-13-7-8-16-17-9-15(18(16)10-13)12-19-11-14-5-3-2-4-6-14/h2-10H,11-12H2,1H3. The third-order valence-electron chi connectivity index (χ3n) is 3.09. The Hall–Kier alpha value is -1.74. The van der Waals surface area contributed by atoms with E-state index in [1.54, 1.807) is 0 Å². The van der Waals surface area contributed by atoms with Crippen LogP contribution in [0.3, 0.4) is 0 Å². The first-order valence-corrected chi connectivity index (χ1v) is 7.53. The maximum atomic E-state index is 4.44. The van der Waals surface area contributed by atoms with Crippen molar-refractivity contribution in [2.24, 2.45) is 0 Å². The van der Waals surface area contributed by atoms with E-state index in [0.29, 0.717) is 0 Å². The van der Waals surface area contributed by atoms with Crippen LogP contribution in [0.4, 0.5) is 0 Å². The number of nitrogens with zero attached hydrogens (tertiary/aromatic N) is 2. The zero-order chi connectivity index (χ0) is 13.1. The van der Waals surface area contributed by atoms with Crippen molar-refractivity contribution in [2.45, 2.75) is 18.4 Å². The summed E-state index contributed by atoms with van der Waals surface area (Å²) in [5.41, 5.74) is 4.93. The molecule has 1 aromatic carbocycles. The number of fused-ring (bicyclic) bond motifs is 1. The van der Waals surface area contributed by atoms with Crippen molar-refractivity contribution in [3.8, 4) is 0 Å². The Labute approximate surface area is 117 Å². The summed E-state index contributed by atoms with van der Waals surface area (Å²) in [6.45, 7) is 2.11. The van der Waals surface area contributed by atoms with Crippen molar-refractivity contribution in [3.05, 3.63) is 71.7 Å². The van der Waals surface area contributed by atoms with Gasteiger partial charge in [-0.3, -0.25) is 0 Å². The van der Waals surface area contributed by atoms with Gasteiger partial charge in [0.25, 0.3) is 0 Å². The van der Waals surface area contributed by atoms with Gasteiger partial charge < -0.3 is 4.40 Å². The van der Waals surface area contributed by atoms with Crippen molar-refractivity contribution in [1.82, 2.24) is 9.38 Å². The van der Waals surface area contributed by atoms with E-state index < -0.39 is 0 Å². The first kappa shape index (κ1) is 12.3. The predicted octanol–water partition coefficient (Wildman–Crippen LogP) is 4.08. The molecule has 3 heteroatoms. The van der Waals surface area contributed by atoms with Gasteiger partial charge >= 0.3 is 0 Å². The van der Waals surface area contributed by atoms with Gasteiger partial charge in [0.2, 0.25) is 0 Å². The van der Waals surface area contributed by atoms with Crippen LogP contribution in [0.2, 0.25) is 0 Å². The maximum Gasteiger partial charge on any atom is 0.136 e. The Balaban J connectivity index is 1.70. The summed E-state index contributed by atoms with van der Waals surface area (Å²) in [6.07, 6.45) is 4.13. The average molecular weight is 268 g/mol. The molecule has 0 atom stereocenters. The first-order valence-electron chi connectivity index (χ1n) is 6.37. The second-order valence-electron chi connectivity index (χ2n) is 4.66. The molecule has 0 aliphatic carbocycles. The molecule has 0 aliphatic rings. The fourth-order valence-corrected chi connectivity index (χ4v) is 3.04. The maximum absolute atomic E-state index is 4.44. The highest BCUT2D eigenvalue weighted by Crippen LogP contribution is 2.19. The zero-order valence-electron chi connectivity index (χ0n) is 10.9. The summed E-state index contributed by atoms with van der Waals surface area (Å²) in [4.78, 5) is 4.44. The van der Waals surface area contributed by atoms with Crippen LogP contribution >= 0.6 is 11.8 Å². The summed E-state index contributed by atoms with van der Waals surface area (Å²) in [5, 5.41) is 0. The molecule has 0 amide bonds. The van der Waals surface area contributed by atoms with Crippen molar-refractivity contribution < 1.29 is 0 Å². The molecule has 0 spiro atoms. The first-order chi connectivity index (χ1) is 9.33. The third-order valence-corrected chi connectivity index (χ3v) is 4.13. The molecule has 2 aromatic heterocycles. The van der Waals surface area contributed by atoms with Crippen molar-refractivity contribution in [3.63, 3.8) is 0 Å². The number of imidazole rings is 1. The Morgan fingerprint density at radius 2 is 1.89 bits per heavy atom. The molecule has 2 heterocycles. The fraction of sp³-hybridized carbons (Fsp3) is 0.188. The molecule has 0 saturated carbocycles. The number of aromatic nitrogens is 2. The minimum absolute atomic E-state index is 0.986. The van der Waals surface area contributed by atoms with Gasteiger partial charge in [-0.1, -0.05) is 36.4 Å². The topological polar surface area (TPSA) is 17.3 Å². The zero-order valence-corrected chi connectivity index (χ0v) is 11.7. The molecule has 0 aliphatic heterocycles. The molecule has 96 valence electrons. The molecule has 0 saturated heterocycles. The number of rotatable bonds is 4. The highest BCUT2D eigenvalue weighted by Gasteiger charge is 2.03. The number of pyridine rings is 1. The lowest BCUT2D eigenvalue weighted by Crippen LogP contribution is -1.92. The van der Waals surface area contributed by atoms with E-state index in [1.807, 2.05) is 18.0 Å². The number of aryl methyl sites for hydroxylation is 1. The molecule has 19 heavy (non-hydrogen) atoms. The van der Waals surface area contributed by atoms with E-state index >= 15 is 0 Å². The molecule has 3 aromatic rings. The van der Waals surface area contributed by atoms with Gasteiger partial charge in [0.05, 0.1) is 11.9 Å². The molecule has 0 radical (unpaired) electrons. The van der Waals surface area contributed by atoms with Crippen molar-refractivity contribution in [1.29, 1.82) is 0 Å². The number of benzene rings is 1. The van der Waals surface area contributed by atoms with Crippen LogP contribution in [-0.4, -0.2) is 9.38 Å². The quantitative estimate of drug-likeness (QED) is 0.709. The summed E-state index contributed by atoms with van der Waals surface area (Å²) < 4.78 is 2.19. The highest BCUT2D eigenvalue weighted by molar-refractivity contribution is 7.97. The molecule has 0 unspecified atom stereocenters. The van der Waals surface area contributed by atoms with Gasteiger partial charge in [-0.25, -0.2) is 4.98 Å². The SMILES string of the molecule is Cc1ccc2ncc(CSCc3ccccc3)n2c1. The molecule has 0 bridgehead atoms. The van der Waals surface area contributed by atoms with Crippen LogP contribution in [0.1, 0.15) is 16.8 Å². The average Bonchev–Trinajstić information content (AvgIpc) is 2.83. The van der Waals surface area contributed by atoms with Crippen LogP contribution in [0.5, 0.6) is 0 Å². The minimum atomic E-state index is 0.986. The van der Waals surface area contributed by atoms with Gasteiger partial charge in [0, 0.05) is 17.7 Å². The third kappa shape index (κ3) is 2.82. The van der Waals surface area contributed by atoms with E-state index in [2.05, 4.69) is 65.0 Å². The molecular weight excluding hydrogens is 252 g/mol. The molecule has 0 N–H and O–H groups in total. The summed E-state index contributed by atoms with van der Waals surface area (Å²) in [5.74, 6) is 2.03. The lowest BCUT2D eigenvalue weighted by molar-refractivity contribution is 1.08. The van der Waals surface area contributed by atoms with Crippen molar-refractivity contribution in [2.75, 3.05) is 0 Å². The molecular formula is C16H16N2S. The number of thioether (sulfide) groups is 1. The molecule has 3 rings (SSSR count). The van der Waals surface area contributed by atoms with E-state index in [4.69, 9.17) is 0 Å². The Morgan fingerprint density at radius 1 is 1.05 bits per heavy atom. The number of hydrogen-bond acceptors (Lipinski definition) is 2. The molecule has 0 fully saturated rings. The lowest BCUT2D eigenvalue weighted by Gasteiger charge is -2.03. The van der Waals surface area contributed by atoms with Crippen LogP contribution in [-0.2, 0) is 11.5 Å². The summed E-state index contributed by atoms with van der Waals surface area (Å²) in [7, 11) is 0. The van der Waals surface area contributed by atoms with Crippen molar-refractivity contribution >= 4 is 17.4 Å². The normalized spacial score (nSPS) is 11.0. The van der Waals surface area contributed by atoms with Gasteiger partial charge in [-0.05, 0) is 24.1 Å². The largest absolute Gasteiger partial charge is 0.303 e. The summed E-state index contributed by atoms with van der Waals surface area (Å²) in [6, 6.07) is 14.8. The fourth-order valence-electron chi connectivity index (χ4n) is 2.09. The molecule has 2 nitrogen and oxygen atoms in total. The van der Waals surface area contributed by atoms with E-state index in [-0.39, 0.29) is 0 Å². The second kappa shape index (κ2) is 5.49. The lowest BCUT2D eigenvalue weighted by atomic mass is 10.2. The van der Waals surface area contributed by atoms with Crippen LogP contribution in [0, 0.1) is 6.92 Å². The van der Waals surface area contributed by atoms with Gasteiger partial charge in [0.15, 0.2) is 0 Å². The van der Waals surface area contributed by atoms with E-state index in [0.717, 1.165) is 17.2 Å². The van der Waals surface area contributed by atoms with Crippen LogP contribution in [0.25, 0.3) is 5.65 Å². The minimum Gasteiger partial charge on any atom is -0.303 e.